The van der Waals surface area contributed by atoms with Crippen molar-refractivity contribution in [1.29, 1.82) is 0 Å². The summed E-state index contributed by atoms with van der Waals surface area (Å²) < 4.78 is 42.6. The molecule has 1 aromatic carbocycles. The summed E-state index contributed by atoms with van der Waals surface area (Å²) in [7, 11) is -3.69. The number of rotatable bonds is 5. The third-order valence-corrected chi connectivity index (χ3v) is 4.99. The highest BCUT2D eigenvalue weighted by Gasteiger charge is 2.22. The van der Waals surface area contributed by atoms with E-state index in [1.165, 1.54) is 12.1 Å². The second-order valence-electron chi connectivity index (χ2n) is 5.15. The molecule has 21 heavy (non-hydrogen) atoms. The van der Waals surface area contributed by atoms with Crippen LogP contribution in [0.15, 0.2) is 35.7 Å². The van der Waals surface area contributed by atoms with Gasteiger partial charge in [-0.15, -0.1) is 0 Å². The zero-order valence-electron chi connectivity index (χ0n) is 12.2. The van der Waals surface area contributed by atoms with Crippen LogP contribution in [0.1, 0.15) is 18.1 Å². The van der Waals surface area contributed by atoms with E-state index in [2.05, 4.69) is 9.71 Å². The molecule has 0 bridgehead atoms. The van der Waals surface area contributed by atoms with Crippen LogP contribution in [-0.4, -0.2) is 24.0 Å². The van der Waals surface area contributed by atoms with Crippen LogP contribution < -0.4 is 4.72 Å². The van der Waals surface area contributed by atoms with E-state index in [-0.39, 0.29) is 10.9 Å². The van der Waals surface area contributed by atoms with Crippen LogP contribution in [0.25, 0.3) is 0 Å². The first-order valence-corrected chi connectivity index (χ1v) is 8.03. The van der Waals surface area contributed by atoms with Gasteiger partial charge in [-0.05, 0) is 44.0 Å². The maximum Gasteiger partial charge on any atom is 0.241 e. The number of nitrogens with zero attached hydrogens (tertiary/aromatic N) is 2. The Bertz CT molecular complexity index is 704. The van der Waals surface area contributed by atoms with Crippen LogP contribution >= 0.6 is 0 Å². The monoisotopic (exact) mass is 311 g/mol. The molecule has 1 N–H and O–H groups in total. The fraction of sp³-hybridized carbons (Fsp3) is 0.357. The third kappa shape index (κ3) is 3.68. The van der Waals surface area contributed by atoms with Gasteiger partial charge < -0.3 is 4.57 Å². The van der Waals surface area contributed by atoms with Gasteiger partial charge in [0.05, 0.1) is 11.2 Å². The van der Waals surface area contributed by atoms with Gasteiger partial charge in [0.2, 0.25) is 10.0 Å². The van der Waals surface area contributed by atoms with Crippen LogP contribution in [0.4, 0.5) is 4.39 Å². The number of sulfonamides is 1. The molecule has 5 nitrogen and oxygen atoms in total. The van der Waals surface area contributed by atoms with Crippen molar-refractivity contribution in [2.45, 2.75) is 38.3 Å². The number of nitrogens with one attached hydrogen (secondary N) is 1. The minimum atomic E-state index is -3.69. The quantitative estimate of drug-likeness (QED) is 0.918. The first kappa shape index (κ1) is 15.7. The molecule has 0 aliphatic rings. The number of aromatic nitrogens is 2. The Balaban J connectivity index is 2.22. The number of aryl methyl sites for hydroxylation is 2. The molecule has 0 amide bonds. The molecule has 7 heteroatoms. The molecule has 1 heterocycles. The Morgan fingerprint density at radius 2 is 1.95 bits per heavy atom. The summed E-state index contributed by atoms with van der Waals surface area (Å²) in [6.07, 6.45) is 5.02. The van der Waals surface area contributed by atoms with Crippen molar-refractivity contribution in [3.8, 4) is 0 Å². The third-order valence-electron chi connectivity index (χ3n) is 3.09. The van der Waals surface area contributed by atoms with Gasteiger partial charge in [-0.2, -0.15) is 0 Å². The first-order chi connectivity index (χ1) is 9.79. The van der Waals surface area contributed by atoms with Gasteiger partial charge in [0.1, 0.15) is 5.82 Å². The minimum absolute atomic E-state index is 0.140. The summed E-state index contributed by atoms with van der Waals surface area (Å²) in [4.78, 5) is 4.05. The molecule has 0 fully saturated rings. The van der Waals surface area contributed by atoms with E-state index in [1.807, 2.05) is 0 Å². The van der Waals surface area contributed by atoms with Gasteiger partial charge >= 0.3 is 0 Å². The topological polar surface area (TPSA) is 64.0 Å². The van der Waals surface area contributed by atoms with E-state index in [0.717, 1.165) is 0 Å². The summed E-state index contributed by atoms with van der Waals surface area (Å²) >= 11 is 0. The number of halogens is 1. The molecule has 0 aliphatic heterocycles. The van der Waals surface area contributed by atoms with E-state index in [0.29, 0.717) is 17.7 Å². The largest absolute Gasteiger partial charge is 0.336 e. The van der Waals surface area contributed by atoms with Crippen molar-refractivity contribution in [1.82, 2.24) is 14.3 Å². The lowest BCUT2D eigenvalue weighted by atomic mass is 10.1. The Labute approximate surface area is 123 Å². The average molecular weight is 311 g/mol. The fourth-order valence-electron chi connectivity index (χ4n) is 2.39. The number of benzene rings is 1. The fourth-order valence-corrected chi connectivity index (χ4v) is 4.08. The van der Waals surface area contributed by atoms with E-state index >= 15 is 0 Å². The van der Waals surface area contributed by atoms with Crippen LogP contribution in [0, 0.1) is 19.7 Å². The molecule has 0 spiro atoms. The van der Waals surface area contributed by atoms with E-state index in [1.54, 1.807) is 44.1 Å². The van der Waals surface area contributed by atoms with Crippen LogP contribution in [0.3, 0.4) is 0 Å². The number of imidazole rings is 1. The summed E-state index contributed by atoms with van der Waals surface area (Å²) in [6.45, 7) is 5.42. The van der Waals surface area contributed by atoms with Gasteiger partial charge in [-0.1, -0.05) is 0 Å². The highest BCUT2D eigenvalue weighted by Crippen LogP contribution is 2.21. The zero-order valence-corrected chi connectivity index (χ0v) is 13.0. The second kappa shape index (κ2) is 5.95. The lowest BCUT2D eigenvalue weighted by Gasteiger charge is -2.17. The smallest absolute Gasteiger partial charge is 0.241 e. The van der Waals surface area contributed by atoms with Crippen LogP contribution in [0.5, 0.6) is 0 Å². The average Bonchev–Trinajstić information content (AvgIpc) is 2.78. The summed E-state index contributed by atoms with van der Waals surface area (Å²) in [6, 6.07) is 2.14. The molecule has 114 valence electrons. The highest BCUT2D eigenvalue weighted by atomic mass is 32.2. The molecule has 0 saturated carbocycles. The van der Waals surface area contributed by atoms with Crippen LogP contribution in [-0.2, 0) is 16.6 Å². The zero-order chi connectivity index (χ0) is 15.6. The summed E-state index contributed by atoms with van der Waals surface area (Å²) in [5.41, 5.74) is 0.796. The van der Waals surface area contributed by atoms with Crippen molar-refractivity contribution >= 4 is 10.0 Å². The Kier molecular flexibility index (Phi) is 4.43. The predicted octanol–water partition coefficient (Wildman–Crippen LogP) is 2.01. The van der Waals surface area contributed by atoms with Gasteiger partial charge in [0, 0.05) is 25.0 Å². The molecule has 0 saturated heterocycles. The molecule has 2 rings (SSSR count). The number of hydrogen-bond donors (Lipinski definition) is 1. The lowest BCUT2D eigenvalue weighted by molar-refractivity contribution is 0.519. The van der Waals surface area contributed by atoms with Crippen molar-refractivity contribution < 1.29 is 12.8 Å². The van der Waals surface area contributed by atoms with Gasteiger partial charge in [-0.25, -0.2) is 22.5 Å². The Morgan fingerprint density at radius 3 is 2.48 bits per heavy atom. The molecule has 0 radical (unpaired) electrons. The normalized spacial score (nSPS) is 13.3. The van der Waals surface area contributed by atoms with Gasteiger partial charge in [0.15, 0.2) is 0 Å². The second-order valence-corrected chi connectivity index (χ2v) is 6.80. The molecule has 1 atom stereocenters. The maximum atomic E-state index is 13.3. The molecule has 1 aromatic heterocycles. The van der Waals surface area contributed by atoms with Gasteiger partial charge in [0.25, 0.3) is 0 Å². The summed E-state index contributed by atoms with van der Waals surface area (Å²) in [5, 5.41) is 0. The van der Waals surface area contributed by atoms with Crippen molar-refractivity contribution in [3.05, 3.63) is 47.8 Å². The predicted molar refractivity (Wildman–Crippen MR) is 77.9 cm³/mol. The Morgan fingerprint density at radius 1 is 1.33 bits per heavy atom. The highest BCUT2D eigenvalue weighted by molar-refractivity contribution is 7.89. The number of hydrogen-bond acceptors (Lipinski definition) is 3. The molecular formula is C14H18FN3O2S. The van der Waals surface area contributed by atoms with E-state index in [9.17, 15) is 12.8 Å². The molecular weight excluding hydrogens is 293 g/mol. The van der Waals surface area contributed by atoms with Crippen LogP contribution in [0.2, 0.25) is 0 Å². The van der Waals surface area contributed by atoms with E-state index in [4.69, 9.17) is 0 Å². The van der Waals surface area contributed by atoms with Gasteiger partial charge in [-0.3, -0.25) is 0 Å². The standard InChI is InChI=1S/C14H18FN3O2S/c1-10-6-13(15)7-11(2)14(10)21(19,20)17-12(3)8-18-5-4-16-9-18/h4-7,9,12,17H,8H2,1-3H3. The molecule has 2 aromatic rings. The maximum absolute atomic E-state index is 13.3. The first-order valence-electron chi connectivity index (χ1n) is 6.54. The minimum Gasteiger partial charge on any atom is -0.336 e. The van der Waals surface area contributed by atoms with Crippen molar-refractivity contribution in [3.63, 3.8) is 0 Å². The lowest BCUT2D eigenvalue weighted by Crippen LogP contribution is -2.36. The Hall–Kier alpha value is -1.73. The van der Waals surface area contributed by atoms with E-state index < -0.39 is 15.8 Å². The summed E-state index contributed by atoms with van der Waals surface area (Å²) in [5.74, 6) is -0.435. The van der Waals surface area contributed by atoms with Crippen molar-refractivity contribution in [2.75, 3.05) is 0 Å². The SMILES string of the molecule is Cc1cc(F)cc(C)c1S(=O)(=O)NC(C)Cn1ccnc1. The molecule has 1 unspecified atom stereocenters. The molecule has 0 aliphatic carbocycles. The van der Waals surface area contributed by atoms with Crippen molar-refractivity contribution in [2.24, 2.45) is 0 Å².